The van der Waals surface area contributed by atoms with Gasteiger partial charge in [0.1, 0.15) is 9.88 Å². The van der Waals surface area contributed by atoms with Crippen molar-refractivity contribution in [3.05, 3.63) is 57.9 Å². The minimum atomic E-state index is -1.04. The third-order valence-electron chi connectivity index (χ3n) is 3.53. The maximum atomic E-state index is 12.4. The smallest absolute Gasteiger partial charge is 0.351 e. The van der Waals surface area contributed by atoms with E-state index in [9.17, 15) is 14.4 Å². The number of esters is 1. The summed E-state index contributed by atoms with van der Waals surface area (Å²) in [5.41, 5.74) is 6.15. The summed E-state index contributed by atoms with van der Waals surface area (Å²) >= 11 is 2.40. The minimum Gasteiger partial charge on any atom is -0.448 e. The van der Waals surface area contributed by atoms with Crippen LogP contribution in [0.5, 0.6) is 0 Å². The fraction of sp³-hybridized carbons (Fsp3) is 0.118. The Kier molecular flexibility index (Phi) is 5.19. The van der Waals surface area contributed by atoms with E-state index in [4.69, 9.17) is 10.5 Å². The molecule has 3 rings (SSSR count). The van der Waals surface area contributed by atoms with Crippen molar-refractivity contribution in [2.45, 2.75) is 13.0 Å². The third kappa shape index (κ3) is 3.68. The van der Waals surface area contributed by atoms with E-state index < -0.39 is 23.9 Å². The molecule has 0 fully saturated rings. The standard InChI is InChI=1S/C17H15N3O4S2/c1-10(15(22)19-16-11(14(18)21)4-8-26-16)24-17(23)13-12(5-9-25-13)20-6-2-3-7-20/h2-10H,1H3,(H2,18,21)(H,19,22). The maximum absolute atomic E-state index is 12.4. The number of amides is 2. The van der Waals surface area contributed by atoms with Crippen molar-refractivity contribution in [3.63, 3.8) is 0 Å². The third-order valence-corrected chi connectivity index (χ3v) is 5.25. The number of hydrogen-bond donors (Lipinski definition) is 2. The number of primary amides is 1. The molecular formula is C17H15N3O4S2. The highest BCUT2D eigenvalue weighted by atomic mass is 32.1. The van der Waals surface area contributed by atoms with E-state index >= 15 is 0 Å². The van der Waals surface area contributed by atoms with Crippen LogP contribution in [0, 0.1) is 0 Å². The number of nitrogens with two attached hydrogens (primary N) is 1. The van der Waals surface area contributed by atoms with Gasteiger partial charge < -0.3 is 20.4 Å². The molecule has 2 amide bonds. The van der Waals surface area contributed by atoms with Gasteiger partial charge in [0.2, 0.25) is 0 Å². The van der Waals surface area contributed by atoms with Crippen LogP contribution < -0.4 is 11.1 Å². The minimum absolute atomic E-state index is 0.218. The molecule has 3 aromatic rings. The Hall–Kier alpha value is -2.91. The molecule has 0 aliphatic heterocycles. The zero-order chi connectivity index (χ0) is 18.7. The lowest BCUT2D eigenvalue weighted by atomic mass is 10.3. The number of nitrogens with zero attached hydrogens (tertiary/aromatic N) is 1. The summed E-state index contributed by atoms with van der Waals surface area (Å²) in [6, 6.07) is 7.02. The van der Waals surface area contributed by atoms with E-state index in [-0.39, 0.29) is 5.56 Å². The lowest BCUT2D eigenvalue weighted by molar-refractivity contribution is -0.123. The summed E-state index contributed by atoms with van der Waals surface area (Å²) < 4.78 is 7.07. The summed E-state index contributed by atoms with van der Waals surface area (Å²) in [4.78, 5) is 36.4. The second-order valence-corrected chi connectivity index (χ2v) is 7.12. The number of thiophene rings is 2. The maximum Gasteiger partial charge on any atom is 0.351 e. The number of hydrogen-bond acceptors (Lipinski definition) is 6. The number of nitrogens with one attached hydrogen (secondary N) is 1. The summed E-state index contributed by atoms with van der Waals surface area (Å²) in [5, 5.41) is 6.31. The molecule has 0 bridgehead atoms. The van der Waals surface area contributed by atoms with Crippen LogP contribution in [0.1, 0.15) is 27.0 Å². The monoisotopic (exact) mass is 389 g/mol. The van der Waals surface area contributed by atoms with Crippen LogP contribution in [-0.2, 0) is 9.53 Å². The van der Waals surface area contributed by atoms with Gasteiger partial charge in [0.05, 0.1) is 11.3 Å². The zero-order valence-electron chi connectivity index (χ0n) is 13.7. The van der Waals surface area contributed by atoms with Crippen LogP contribution in [0.25, 0.3) is 5.69 Å². The fourth-order valence-corrected chi connectivity index (χ4v) is 3.80. The molecule has 9 heteroatoms. The SMILES string of the molecule is CC(OC(=O)c1sccc1-n1cccc1)C(=O)Nc1sccc1C(N)=O. The average Bonchev–Trinajstić information content (AvgIpc) is 3.34. The van der Waals surface area contributed by atoms with Gasteiger partial charge in [-0.3, -0.25) is 9.59 Å². The molecule has 0 saturated heterocycles. The first-order chi connectivity index (χ1) is 12.5. The molecule has 3 aromatic heterocycles. The predicted octanol–water partition coefficient (Wildman–Crippen LogP) is 2.88. The molecule has 1 unspecified atom stereocenters. The second kappa shape index (κ2) is 7.54. The molecule has 0 aliphatic carbocycles. The Balaban J connectivity index is 1.68. The van der Waals surface area contributed by atoms with E-state index in [0.717, 1.165) is 0 Å². The van der Waals surface area contributed by atoms with Crippen molar-refractivity contribution >= 4 is 45.5 Å². The Morgan fingerprint density at radius 1 is 1.15 bits per heavy atom. The summed E-state index contributed by atoms with van der Waals surface area (Å²) in [6.45, 7) is 1.47. The predicted molar refractivity (Wildman–Crippen MR) is 100.0 cm³/mol. The van der Waals surface area contributed by atoms with E-state index in [1.54, 1.807) is 21.4 Å². The van der Waals surface area contributed by atoms with E-state index in [1.807, 2.05) is 24.5 Å². The van der Waals surface area contributed by atoms with Crippen molar-refractivity contribution < 1.29 is 19.1 Å². The number of carbonyl (C=O) groups excluding carboxylic acids is 3. The summed E-state index contributed by atoms with van der Waals surface area (Å²) in [7, 11) is 0. The molecule has 1 atom stereocenters. The number of carbonyl (C=O) groups is 3. The molecule has 26 heavy (non-hydrogen) atoms. The lowest BCUT2D eigenvalue weighted by Crippen LogP contribution is -2.30. The van der Waals surface area contributed by atoms with Crippen molar-refractivity contribution in [1.82, 2.24) is 4.57 Å². The molecule has 0 aliphatic rings. The number of ether oxygens (including phenoxy) is 1. The van der Waals surface area contributed by atoms with Crippen LogP contribution in [0.4, 0.5) is 5.00 Å². The van der Waals surface area contributed by atoms with Gasteiger partial charge in [0.25, 0.3) is 11.8 Å². The second-order valence-electron chi connectivity index (χ2n) is 5.29. The first kappa shape index (κ1) is 17.9. The molecule has 0 radical (unpaired) electrons. The normalized spacial score (nSPS) is 11.7. The Labute approximate surface area is 157 Å². The molecular weight excluding hydrogens is 374 g/mol. The van der Waals surface area contributed by atoms with Gasteiger partial charge in [0.15, 0.2) is 6.10 Å². The van der Waals surface area contributed by atoms with Gasteiger partial charge >= 0.3 is 5.97 Å². The summed E-state index contributed by atoms with van der Waals surface area (Å²) in [6.07, 6.45) is 2.60. The highest BCUT2D eigenvalue weighted by Crippen LogP contribution is 2.24. The number of anilines is 1. The van der Waals surface area contributed by atoms with Crippen LogP contribution in [-0.4, -0.2) is 28.5 Å². The highest BCUT2D eigenvalue weighted by Gasteiger charge is 2.23. The van der Waals surface area contributed by atoms with E-state index in [1.165, 1.54) is 35.7 Å². The van der Waals surface area contributed by atoms with Gasteiger partial charge in [0, 0.05) is 12.4 Å². The van der Waals surface area contributed by atoms with Crippen LogP contribution >= 0.6 is 22.7 Å². The molecule has 0 spiro atoms. The average molecular weight is 389 g/mol. The van der Waals surface area contributed by atoms with Crippen molar-refractivity contribution in [1.29, 1.82) is 0 Å². The fourth-order valence-electron chi connectivity index (χ4n) is 2.23. The quantitative estimate of drug-likeness (QED) is 0.633. The Morgan fingerprint density at radius 2 is 1.85 bits per heavy atom. The van der Waals surface area contributed by atoms with Crippen LogP contribution in [0.2, 0.25) is 0 Å². The first-order valence-corrected chi connectivity index (χ1v) is 9.33. The molecule has 0 aromatic carbocycles. The van der Waals surface area contributed by atoms with Gasteiger partial charge in [-0.15, -0.1) is 22.7 Å². The van der Waals surface area contributed by atoms with Gasteiger partial charge in [-0.05, 0) is 41.9 Å². The zero-order valence-corrected chi connectivity index (χ0v) is 15.3. The van der Waals surface area contributed by atoms with Crippen molar-refractivity contribution in [2.24, 2.45) is 5.73 Å². The van der Waals surface area contributed by atoms with Crippen LogP contribution in [0.3, 0.4) is 0 Å². The van der Waals surface area contributed by atoms with Crippen molar-refractivity contribution in [3.8, 4) is 5.69 Å². The molecule has 0 saturated carbocycles. The van der Waals surface area contributed by atoms with Crippen molar-refractivity contribution in [2.75, 3.05) is 5.32 Å². The topological polar surface area (TPSA) is 103 Å². The molecule has 3 N–H and O–H groups in total. The van der Waals surface area contributed by atoms with E-state index in [2.05, 4.69) is 5.32 Å². The van der Waals surface area contributed by atoms with Gasteiger partial charge in [-0.1, -0.05) is 0 Å². The lowest BCUT2D eigenvalue weighted by Gasteiger charge is -2.13. The van der Waals surface area contributed by atoms with Crippen LogP contribution in [0.15, 0.2) is 47.4 Å². The highest BCUT2D eigenvalue weighted by molar-refractivity contribution is 7.14. The van der Waals surface area contributed by atoms with E-state index in [0.29, 0.717) is 15.6 Å². The Bertz CT molecular complexity index is 943. The number of aromatic nitrogens is 1. The van der Waals surface area contributed by atoms with Gasteiger partial charge in [-0.2, -0.15) is 0 Å². The molecule has 7 nitrogen and oxygen atoms in total. The Morgan fingerprint density at radius 3 is 2.54 bits per heavy atom. The molecule has 3 heterocycles. The largest absolute Gasteiger partial charge is 0.448 e. The molecule has 134 valence electrons. The van der Waals surface area contributed by atoms with Gasteiger partial charge in [-0.25, -0.2) is 4.79 Å². The first-order valence-electron chi connectivity index (χ1n) is 7.57. The summed E-state index contributed by atoms with van der Waals surface area (Å²) in [5.74, 6) is -1.77. The number of rotatable bonds is 6.